The van der Waals surface area contributed by atoms with E-state index in [1.165, 1.54) is 11.3 Å². The van der Waals surface area contributed by atoms with Crippen LogP contribution in [0.2, 0.25) is 0 Å². The Bertz CT molecular complexity index is 813. The maximum atomic E-state index is 12.0. The number of anilines is 1. The SMILES string of the molecule is Cc1cc(C(=O)Nc2nc3cc4c(cc3s2)OCO4)no1. The predicted octanol–water partition coefficient (Wildman–Crippen LogP) is 2.57. The number of nitrogens with one attached hydrogen (secondary N) is 1. The summed E-state index contributed by atoms with van der Waals surface area (Å²) in [7, 11) is 0. The molecule has 1 aliphatic rings. The number of benzene rings is 1. The highest BCUT2D eigenvalue weighted by atomic mass is 32.1. The Morgan fingerprint density at radius 1 is 1.29 bits per heavy atom. The first-order valence-corrected chi connectivity index (χ1v) is 6.95. The number of rotatable bonds is 2. The number of carbonyl (C=O) groups is 1. The van der Waals surface area contributed by atoms with Crippen molar-refractivity contribution >= 4 is 32.6 Å². The number of amides is 1. The third kappa shape index (κ3) is 2.09. The van der Waals surface area contributed by atoms with E-state index in [2.05, 4.69) is 15.5 Å². The van der Waals surface area contributed by atoms with Gasteiger partial charge in [0.1, 0.15) is 5.76 Å². The first-order valence-electron chi connectivity index (χ1n) is 6.14. The highest BCUT2D eigenvalue weighted by Crippen LogP contribution is 2.38. The summed E-state index contributed by atoms with van der Waals surface area (Å²) in [5.41, 5.74) is 0.969. The van der Waals surface area contributed by atoms with Gasteiger partial charge in [-0.25, -0.2) is 4.98 Å². The maximum Gasteiger partial charge on any atom is 0.279 e. The molecule has 0 radical (unpaired) electrons. The molecule has 106 valence electrons. The van der Waals surface area contributed by atoms with Crippen LogP contribution in [-0.2, 0) is 0 Å². The second-order valence-corrected chi connectivity index (χ2v) is 5.50. The normalized spacial score (nSPS) is 12.8. The molecule has 7 nitrogen and oxygen atoms in total. The van der Waals surface area contributed by atoms with E-state index in [0.717, 1.165) is 10.2 Å². The van der Waals surface area contributed by atoms with Gasteiger partial charge in [0.25, 0.3) is 5.91 Å². The van der Waals surface area contributed by atoms with Crippen LogP contribution in [0.3, 0.4) is 0 Å². The van der Waals surface area contributed by atoms with Crippen LogP contribution in [-0.4, -0.2) is 22.8 Å². The van der Waals surface area contributed by atoms with Crippen LogP contribution in [0.5, 0.6) is 11.5 Å². The van der Waals surface area contributed by atoms with Crippen LogP contribution < -0.4 is 14.8 Å². The number of aryl methyl sites for hydroxylation is 1. The number of nitrogens with zero attached hydrogens (tertiary/aromatic N) is 2. The predicted molar refractivity (Wildman–Crippen MR) is 74.9 cm³/mol. The van der Waals surface area contributed by atoms with Gasteiger partial charge >= 0.3 is 0 Å². The van der Waals surface area contributed by atoms with Crippen molar-refractivity contribution in [3.8, 4) is 11.5 Å². The highest BCUT2D eigenvalue weighted by molar-refractivity contribution is 7.22. The van der Waals surface area contributed by atoms with Gasteiger partial charge in [0.2, 0.25) is 6.79 Å². The zero-order valence-electron chi connectivity index (χ0n) is 10.9. The number of aromatic nitrogens is 2. The molecule has 0 saturated heterocycles. The highest BCUT2D eigenvalue weighted by Gasteiger charge is 2.18. The van der Waals surface area contributed by atoms with Crippen LogP contribution in [0.15, 0.2) is 22.7 Å². The summed E-state index contributed by atoms with van der Waals surface area (Å²) in [6, 6.07) is 5.22. The third-order valence-electron chi connectivity index (χ3n) is 2.96. The molecule has 1 aliphatic heterocycles. The number of carbonyl (C=O) groups excluding carboxylic acids is 1. The van der Waals surface area contributed by atoms with Gasteiger partial charge in [-0.1, -0.05) is 16.5 Å². The van der Waals surface area contributed by atoms with Crippen molar-refractivity contribution in [2.24, 2.45) is 0 Å². The Kier molecular flexibility index (Phi) is 2.58. The van der Waals surface area contributed by atoms with Crippen molar-refractivity contribution in [3.05, 3.63) is 29.7 Å². The fourth-order valence-corrected chi connectivity index (χ4v) is 2.88. The van der Waals surface area contributed by atoms with Crippen molar-refractivity contribution < 1.29 is 18.8 Å². The van der Waals surface area contributed by atoms with Gasteiger partial charge in [0.15, 0.2) is 22.3 Å². The molecule has 2 aromatic heterocycles. The van der Waals surface area contributed by atoms with Gasteiger partial charge in [-0.2, -0.15) is 0 Å². The van der Waals surface area contributed by atoms with E-state index in [-0.39, 0.29) is 18.4 Å². The molecule has 0 saturated carbocycles. The summed E-state index contributed by atoms with van der Waals surface area (Å²) in [6.07, 6.45) is 0. The van der Waals surface area contributed by atoms with Gasteiger partial charge in [0.05, 0.1) is 10.2 Å². The van der Waals surface area contributed by atoms with Gasteiger partial charge < -0.3 is 14.0 Å². The topological polar surface area (TPSA) is 86.5 Å². The molecule has 8 heteroatoms. The number of hydrogen-bond donors (Lipinski definition) is 1. The molecule has 0 spiro atoms. The quantitative estimate of drug-likeness (QED) is 0.783. The molecule has 3 heterocycles. The monoisotopic (exact) mass is 303 g/mol. The number of hydrogen-bond acceptors (Lipinski definition) is 7. The first-order chi connectivity index (χ1) is 10.2. The van der Waals surface area contributed by atoms with Gasteiger partial charge in [-0.3, -0.25) is 10.1 Å². The minimum Gasteiger partial charge on any atom is -0.454 e. The summed E-state index contributed by atoms with van der Waals surface area (Å²) in [4.78, 5) is 16.3. The summed E-state index contributed by atoms with van der Waals surface area (Å²) in [6.45, 7) is 1.95. The standard InChI is InChI=1S/C13H9N3O4S/c1-6-2-8(16-20-6)12(17)15-13-14-7-3-9-10(19-5-18-9)4-11(7)21-13/h2-4H,5H2,1H3,(H,14,15,17). The van der Waals surface area contributed by atoms with Gasteiger partial charge in [-0.05, 0) is 6.92 Å². The van der Waals surface area contributed by atoms with Crippen molar-refractivity contribution in [2.75, 3.05) is 12.1 Å². The summed E-state index contributed by atoms with van der Waals surface area (Å²) in [5.74, 6) is 1.58. The van der Waals surface area contributed by atoms with Crippen LogP contribution in [0.4, 0.5) is 5.13 Å². The molecule has 4 rings (SSSR count). The Hall–Kier alpha value is -2.61. The molecule has 0 unspecified atom stereocenters. The smallest absolute Gasteiger partial charge is 0.279 e. The van der Waals surface area contributed by atoms with E-state index >= 15 is 0 Å². The second-order valence-electron chi connectivity index (χ2n) is 4.47. The van der Waals surface area contributed by atoms with E-state index in [1.54, 1.807) is 19.1 Å². The van der Waals surface area contributed by atoms with E-state index in [1.807, 2.05) is 6.07 Å². The molecule has 1 aromatic carbocycles. The van der Waals surface area contributed by atoms with E-state index in [0.29, 0.717) is 22.4 Å². The molecule has 0 atom stereocenters. The Balaban J connectivity index is 1.64. The first kappa shape index (κ1) is 12.2. The Morgan fingerprint density at radius 3 is 2.86 bits per heavy atom. The summed E-state index contributed by atoms with van der Waals surface area (Å²) in [5, 5.41) is 6.85. The third-order valence-corrected chi connectivity index (χ3v) is 3.90. The van der Waals surface area contributed by atoms with Crippen molar-refractivity contribution in [2.45, 2.75) is 6.92 Å². The van der Waals surface area contributed by atoms with Crippen LogP contribution in [0.25, 0.3) is 10.2 Å². The fraction of sp³-hybridized carbons (Fsp3) is 0.154. The maximum absolute atomic E-state index is 12.0. The van der Waals surface area contributed by atoms with E-state index < -0.39 is 0 Å². The molecule has 3 aromatic rings. The lowest BCUT2D eigenvalue weighted by molar-refractivity contribution is 0.101. The molecule has 0 aliphatic carbocycles. The summed E-state index contributed by atoms with van der Waals surface area (Å²) < 4.78 is 16.4. The second kappa shape index (κ2) is 4.45. The van der Waals surface area contributed by atoms with Crippen molar-refractivity contribution in [1.29, 1.82) is 0 Å². The number of thiazole rings is 1. The molecule has 0 fully saturated rings. The zero-order valence-corrected chi connectivity index (χ0v) is 11.7. The van der Waals surface area contributed by atoms with Crippen LogP contribution >= 0.6 is 11.3 Å². The lowest BCUT2D eigenvalue weighted by Crippen LogP contribution is -2.11. The van der Waals surface area contributed by atoms with Gasteiger partial charge in [-0.15, -0.1) is 0 Å². The Labute approximate surface area is 122 Å². The minimum absolute atomic E-state index is 0.223. The molecule has 0 bridgehead atoms. The lowest BCUT2D eigenvalue weighted by atomic mass is 10.3. The molecular weight excluding hydrogens is 294 g/mol. The fourth-order valence-electron chi connectivity index (χ4n) is 2.01. The average Bonchev–Trinajstić information content (AvgIpc) is 3.14. The van der Waals surface area contributed by atoms with Crippen molar-refractivity contribution in [1.82, 2.24) is 10.1 Å². The lowest BCUT2D eigenvalue weighted by Gasteiger charge is -1.95. The Morgan fingerprint density at radius 2 is 2.10 bits per heavy atom. The zero-order chi connectivity index (χ0) is 14.4. The van der Waals surface area contributed by atoms with Crippen LogP contribution in [0, 0.1) is 6.92 Å². The largest absolute Gasteiger partial charge is 0.454 e. The van der Waals surface area contributed by atoms with Gasteiger partial charge in [0, 0.05) is 18.2 Å². The minimum atomic E-state index is -0.356. The average molecular weight is 303 g/mol. The molecule has 21 heavy (non-hydrogen) atoms. The molecule has 1 N–H and O–H groups in total. The van der Waals surface area contributed by atoms with E-state index in [4.69, 9.17) is 14.0 Å². The van der Waals surface area contributed by atoms with Crippen LogP contribution in [0.1, 0.15) is 16.2 Å². The molecular formula is C13H9N3O4S. The van der Waals surface area contributed by atoms with Crippen molar-refractivity contribution in [3.63, 3.8) is 0 Å². The van der Waals surface area contributed by atoms with E-state index in [9.17, 15) is 4.79 Å². The number of ether oxygens (including phenoxy) is 2. The number of fused-ring (bicyclic) bond motifs is 2. The molecule has 1 amide bonds. The summed E-state index contributed by atoms with van der Waals surface area (Å²) >= 11 is 1.36.